The number of amides is 2. The molecule has 1 fully saturated rings. The lowest BCUT2D eigenvalue weighted by molar-refractivity contribution is -0.134. The average molecular weight is 475 g/mol. The highest BCUT2D eigenvalue weighted by Crippen LogP contribution is 2.39. The van der Waals surface area contributed by atoms with Crippen molar-refractivity contribution in [3.05, 3.63) is 89.5 Å². The van der Waals surface area contributed by atoms with E-state index in [1.165, 1.54) is 0 Å². The van der Waals surface area contributed by atoms with Gasteiger partial charge in [-0.15, -0.1) is 0 Å². The smallest absolute Gasteiger partial charge is 0.261 e. The van der Waals surface area contributed by atoms with Crippen molar-refractivity contribution in [2.45, 2.75) is 25.4 Å². The van der Waals surface area contributed by atoms with Crippen molar-refractivity contribution in [3.63, 3.8) is 0 Å². The van der Waals surface area contributed by atoms with Crippen LogP contribution in [0.25, 0.3) is 0 Å². The van der Waals surface area contributed by atoms with Crippen LogP contribution in [0.2, 0.25) is 0 Å². The largest absolute Gasteiger partial charge is 0.497 e. The van der Waals surface area contributed by atoms with Crippen LogP contribution in [-0.2, 0) is 11.3 Å². The standard InChI is InChI=1S/C28H30N2O5/c1-33-21-14-15-25(34-2)23(17-21)24-12-8-16-30(24)27(31)19-35-26-13-7-6-11-22(26)28(32)29-18-20-9-4-3-5-10-20/h3-7,9-11,13-15,17,24H,8,12,16,18-19H2,1-2H3,(H,29,32). The summed E-state index contributed by atoms with van der Waals surface area (Å²) in [6.07, 6.45) is 1.71. The third-order valence-corrected chi connectivity index (χ3v) is 6.15. The monoisotopic (exact) mass is 474 g/mol. The van der Waals surface area contributed by atoms with Crippen molar-refractivity contribution in [1.82, 2.24) is 10.2 Å². The van der Waals surface area contributed by atoms with Crippen LogP contribution in [0.5, 0.6) is 17.2 Å². The lowest BCUT2D eigenvalue weighted by Gasteiger charge is -2.27. The lowest BCUT2D eigenvalue weighted by atomic mass is 10.0. The summed E-state index contributed by atoms with van der Waals surface area (Å²) in [6, 6.07) is 22.1. The number of methoxy groups -OCH3 is 2. The molecule has 7 nitrogen and oxygen atoms in total. The normalized spacial score (nSPS) is 14.9. The van der Waals surface area contributed by atoms with Crippen molar-refractivity contribution < 1.29 is 23.8 Å². The first-order valence-corrected chi connectivity index (χ1v) is 11.7. The highest BCUT2D eigenvalue weighted by Gasteiger charge is 2.32. The molecule has 1 aliphatic rings. The van der Waals surface area contributed by atoms with Gasteiger partial charge in [0.15, 0.2) is 6.61 Å². The molecule has 3 aromatic rings. The molecule has 1 N–H and O–H groups in total. The number of rotatable bonds is 9. The van der Waals surface area contributed by atoms with Crippen molar-refractivity contribution >= 4 is 11.8 Å². The molecule has 4 rings (SSSR count). The number of hydrogen-bond donors (Lipinski definition) is 1. The second kappa shape index (κ2) is 11.4. The van der Waals surface area contributed by atoms with Crippen molar-refractivity contribution in [3.8, 4) is 17.2 Å². The molecule has 0 bridgehead atoms. The second-order valence-corrected chi connectivity index (χ2v) is 8.31. The van der Waals surface area contributed by atoms with E-state index >= 15 is 0 Å². The van der Waals surface area contributed by atoms with Crippen LogP contribution in [0.15, 0.2) is 72.8 Å². The third kappa shape index (κ3) is 5.74. The van der Waals surface area contributed by atoms with Crippen molar-refractivity contribution in [2.24, 2.45) is 0 Å². The van der Waals surface area contributed by atoms with E-state index in [9.17, 15) is 9.59 Å². The quantitative estimate of drug-likeness (QED) is 0.498. The maximum Gasteiger partial charge on any atom is 0.261 e. The van der Waals surface area contributed by atoms with Crippen LogP contribution in [0.4, 0.5) is 0 Å². The molecule has 1 unspecified atom stereocenters. The number of hydrogen-bond acceptors (Lipinski definition) is 5. The van der Waals surface area contributed by atoms with Gasteiger partial charge in [-0.25, -0.2) is 0 Å². The minimum absolute atomic E-state index is 0.124. The number of likely N-dealkylation sites (tertiary alicyclic amines) is 1. The molecule has 2 amide bonds. The Morgan fingerprint density at radius 1 is 0.943 bits per heavy atom. The summed E-state index contributed by atoms with van der Waals surface area (Å²) in [6.45, 7) is 0.878. The van der Waals surface area contributed by atoms with E-state index in [0.717, 1.165) is 29.7 Å². The van der Waals surface area contributed by atoms with E-state index in [1.807, 2.05) is 53.4 Å². The zero-order chi connectivity index (χ0) is 24.6. The van der Waals surface area contributed by atoms with E-state index in [0.29, 0.717) is 30.2 Å². The van der Waals surface area contributed by atoms with Gasteiger partial charge in [0.1, 0.15) is 17.2 Å². The molecule has 7 heteroatoms. The van der Waals surface area contributed by atoms with Crippen molar-refractivity contribution in [2.75, 3.05) is 27.4 Å². The van der Waals surface area contributed by atoms with E-state index in [-0.39, 0.29) is 24.5 Å². The molecule has 0 aliphatic carbocycles. The van der Waals surface area contributed by atoms with Gasteiger partial charge in [0, 0.05) is 18.7 Å². The molecular formula is C28H30N2O5. The summed E-state index contributed by atoms with van der Waals surface area (Å²) in [5, 5.41) is 2.91. The summed E-state index contributed by atoms with van der Waals surface area (Å²) < 4.78 is 16.8. The second-order valence-electron chi connectivity index (χ2n) is 8.31. The Kier molecular flexibility index (Phi) is 7.88. The molecule has 0 saturated carbocycles. The predicted molar refractivity (Wildman–Crippen MR) is 133 cm³/mol. The van der Waals surface area contributed by atoms with Gasteiger partial charge in [-0.05, 0) is 48.7 Å². The molecule has 0 aromatic heterocycles. The zero-order valence-corrected chi connectivity index (χ0v) is 20.0. The van der Waals surface area contributed by atoms with Gasteiger partial charge < -0.3 is 24.4 Å². The zero-order valence-electron chi connectivity index (χ0n) is 20.0. The number of benzene rings is 3. The maximum absolute atomic E-state index is 13.2. The highest BCUT2D eigenvalue weighted by molar-refractivity contribution is 5.97. The molecular weight excluding hydrogens is 444 g/mol. The molecule has 35 heavy (non-hydrogen) atoms. The maximum atomic E-state index is 13.2. The van der Waals surface area contributed by atoms with Gasteiger partial charge in [0.25, 0.3) is 11.8 Å². The Bertz CT molecular complexity index is 1170. The minimum Gasteiger partial charge on any atom is -0.497 e. The molecule has 1 aliphatic heterocycles. The van der Waals surface area contributed by atoms with E-state index < -0.39 is 0 Å². The number of carbonyl (C=O) groups is 2. The first kappa shape index (κ1) is 24.1. The summed E-state index contributed by atoms with van der Waals surface area (Å²) in [5.74, 6) is 1.42. The Morgan fingerprint density at radius 3 is 2.49 bits per heavy atom. The Morgan fingerprint density at radius 2 is 1.71 bits per heavy atom. The molecule has 0 radical (unpaired) electrons. The van der Waals surface area contributed by atoms with Gasteiger partial charge in [-0.1, -0.05) is 42.5 Å². The predicted octanol–water partition coefficient (Wildman–Crippen LogP) is 4.38. The number of nitrogens with zero attached hydrogens (tertiary/aromatic N) is 1. The average Bonchev–Trinajstić information content (AvgIpc) is 3.40. The van der Waals surface area contributed by atoms with Crippen LogP contribution in [0.3, 0.4) is 0 Å². The van der Waals surface area contributed by atoms with Crippen LogP contribution in [-0.4, -0.2) is 44.1 Å². The molecule has 1 atom stereocenters. The van der Waals surface area contributed by atoms with Gasteiger partial charge >= 0.3 is 0 Å². The Labute approximate surface area is 205 Å². The number of para-hydroxylation sites is 1. The summed E-state index contributed by atoms with van der Waals surface area (Å²) >= 11 is 0. The summed E-state index contributed by atoms with van der Waals surface area (Å²) in [5.41, 5.74) is 2.31. The molecule has 182 valence electrons. The lowest BCUT2D eigenvalue weighted by Crippen LogP contribution is -2.35. The van der Waals surface area contributed by atoms with Gasteiger partial charge in [-0.3, -0.25) is 9.59 Å². The van der Waals surface area contributed by atoms with Gasteiger partial charge in [0.2, 0.25) is 0 Å². The molecule has 0 spiro atoms. The van der Waals surface area contributed by atoms with Crippen LogP contribution < -0.4 is 19.5 Å². The van der Waals surface area contributed by atoms with E-state index in [4.69, 9.17) is 14.2 Å². The van der Waals surface area contributed by atoms with Crippen LogP contribution >= 0.6 is 0 Å². The Balaban J connectivity index is 1.43. The van der Waals surface area contributed by atoms with E-state index in [1.54, 1.807) is 38.5 Å². The fraction of sp³-hybridized carbons (Fsp3) is 0.286. The fourth-order valence-electron chi connectivity index (χ4n) is 4.36. The number of carbonyl (C=O) groups excluding carboxylic acids is 2. The highest BCUT2D eigenvalue weighted by atomic mass is 16.5. The third-order valence-electron chi connectivity index (χ3n) is 6.15. The summed E-state index contributed by atoms with van der Waals surface area (Å²) in [4.78, 5) is 27.8. The first-order valence-electron chi connectivity index (χ1n) is 11.7. The Hall–Kier alpha value is -4.00. The summed E-state index contributed by atoms with van der Waals surface area (Å²) in [7, 11) is 3.24. The van der Waals surface area contributed by atoms with Crippen molar-refractivity contribution in [1.29, 1.82) is 0 Å². The van der Waals surface area contributed by atoms with Gasteiger partial charge in [-0.2, -0.15) is 0 Å². The first-order chi connectivity index (χ1) is 17.1. The fourth-order valence-corrected chi connectivity index (χ4v) is 4.36. The number of nitrogens with one attached hydrogen (secondary N) is 1. The molecule has 1 heterocycles. The van der Waals surface area contributed by atoms with Crippen LogP contribution in [0, 0.1) is 0 Å². The molecule has 3 aromatic carbocycles. The SMILES string of the molecule is COc1ccc(OC)c(C2CCCN2C(=O)COc2ccccc2C(=O)NCc2ccccc2)c1. The molecule has 1 saturated heterocycles. The van der Waals surface area contributed by atoms with Crippen LogP contribution in [0.1, 0.15) is 40.4 Å². The number of ether oxygens (including phenoxy) is 3. The topological polar surface area (TPSA) is 77.1 Å². The van der Waals surface area contributed by atoms with E-state index in [2.05, 4.69) is 5.32 Å². The van der Waals surface area contributed by atoms with Gasteiger partial charge in [0.05, 0.1) is 25.8 Å². The minimum atomic E-state index is -0.253.